The highest BCUT2D eigenvalue weighted by Gasteiger charge is 2.23. The summed E-state index contributed by atoms with van der Waals surface area (Å²) in [6, 6.07) is 7.45. The molecule has 0 radical (unpaired) electrons. The van der Waals surface area contributed by atoms with Gasteiger partial charge >= 0.3 is 0 Å². The zero-order valence-corrected chi connectivity index (χ0v) is 12.3. The largest absolute Gasteiger partial charge is 0.381 e. The van der Waals surface area contributed by atoms with Gasteiger partial charge in [-0.25, -0.2) is 0 Å². The summed E-state index contributed by atoms with van der Waals surface area (Å²) < 4.78 is 6.87. The van der Waals surface area contributed by atoms with Crippen molar-refractivity contribution in [2.75, 3.05) is 24.8 Å². The molecule has 1 aromatic carbocycles. The summed E-state index contributed by atoms with van der Waals surface area (Å²) in [5, 5.41) is 15.2. The van der Waals surface area contributed by atoms with Gasteiger partial charge in [-0.3, -0.25) is 4.79 Å². The van der Waals surface area contributed by atoms with E-state index in [1.54, 1.807) is 4.68 Å². The first-order valence-corrected chi connectivity index (χ1v) is 7.82. The quantitative estimate of drug-likeness (QED) is 0.859. The summed E-state index contributed by atoms with van der Waals surface area (Å²) in [6.07, 6.45) is 2.68. The Morgan fingerprint density at radius 3 is 3.19 bits per heavy atom. The third kappa shape index (κ3) is 3.06. The summed E-state index contributed by atoms with van der Waals surface area (Å²) >= 11 is 1.46. The molecule has 1 saturated heterocycles. The molecule has 8 heteroatoms. The number of hydrogen-bond donors (Lipinski definition) is 1. The third-order valence-corrected chi connectivity index (χ3v) is 3.90. The number of amides is 1. The molecule has 0 spiro atoms. The number of benzene rings is 1. The lowest BCUT2D eigenvalue weighted by molar-refractivity contribution is -0.119. The minimum absolute atomic E-state index is 0.00791. The molecule has 1 unspecified atom stereocenters. The number of thioether (sulfide) groups is 1. The maximum Gasteiger partial charge on any atom is 0.229 e. The van der Waals surface area contributed by atoms with Gasteiger partial charge in [-0.1, -0.05) is 17.8 Å². The van der Waals surface area contributed by atoms with E-state index in [-0.39, 0.29) is 11.8 Å². The summed E-state index contributed by atoms with van der Waals surface area (Å²) in [5.41, 5.74) is 1.54. The first kappa shape index (κ1) is 14.0. The molecule has 1 amide bonds. The van der Waals surface area contributed by atoms with Crippen molar-refractivity contribution in [3.8, 4) is 5.69 Å². The molecular weight excluding hydrogens is 290 g/mol. The van der Waals surface area contributed by atoms with Gasteiger partial charge < -0.3 is 10.1 Å². The van der Waals surface area contributed by atoms with Crippen molar-refractivity contribution in [2.45, 2.75) is 11.6 Å². The number of ether oxygens (including phenoxy) is 1. The van der Waals surface area contributed by atoms with Crippen LogP contribution in [0, 0.1) is 5.92 Å². The first-order chi connectivity index (χ1) is 10.3. The van der Waals surface area contributed by atoms with Gasteiger partial charge in [0.2, 0.25) is 11.1 Å². The van der Waals surface area contributed by atoms with E-state index in [1.165, 1.54) is 11.8 Å². The standard InChI is InChI=1S/C13H15N5O2S/c1-21-13-15-16-17-18(13)11-4-2-3-10(7-11)14-12(19)9-5-6-20-8-9/h2-4,7,9H,5-6,8H2,1H3,(H,14,19). The van der Waals surface area contributed by atoms with Gasteiger partial charge in [0.1, 0.15) is 0 Å². The van der Waals surface area contributed by atoms with Gasteiger partial charge in [0.05, 0.1) is 18.2 Å². The summed E-state index contributed by atoms with van der Waals surface area (Å²) in [5.74, 6) is -0.0742. The third-order valence-electron chi connectivity index (χ3n) is 3.28. The molecule has 1 aliphatic rings. The fourth-order valence-electron chi connectivity index (χ4n) is 2.17. The number of carbonyl (C=O) groups is 1. The monoisotopic (exact) mass is 305 g/mol. The lowest BCUT2D eigenvalue weighted by Gasteiger charge is -2.10. The van der Waals surface area contributed by atoms with Crippen LogP contribution in [0.4, 0.5) is 5.69 Å². The Kier molecular flexibility index (Phi) is 4.16. The average Bonchev–Trinajstić information content (AvgIpc) is 3.18. The van der Waals surface area contributed by atoms with Crippen molar-refractivity contribution in [1.29, 1.82) is 0 Å². The molecule has 3 rings (SSSR count). The maximum absolute atomic E-state index is 12.1. The van der Waals surface area contributed by atoms with E-state index in [0.717, 1.165) is 17.8 Å². The molecule has 0 bridgehead atoms. The Labute approximate surface area is 126 Å². The van der Waals surface area contributed by atoms with Crippen molar-refractivity contribution in [1.82, 2.24) is 20.2 Å². The number of nitrogens with zero attached hydrogens (tertiary/aromatic N) is 4. The molecule has 1 N–H and O–H groups in total. The Morgan fingerprint density at radius 1 is 1.52 bits per heavy atom. The van der Waals surface area contributed by atoms with Crippen LogP contribution in [0.25, 0.3) is 5.69 Å². The smallest absolute Gasteiger partial charge is 0.229 e. The lowest BCUT2D eigenvalue weighted by atomic mass is 10.1. The van der Waals surface area contributed by atoms with E-state index in [9.17, 15) is 4.79 Å². The van der Waals surface area contributed by atoms with Crippen LogP contribution in [0.15, 0.2) is 29.4 Å². The minimum Gasteiger partial charge on any atom is -0.381 e. The maximum atomic E-state index is 12.1. The molecule has 0 aliphatic carbocycles. The highest BCUT2D eigenvalue weighted by molar-refractivity contribution is 7.98. The molecule has 2 aromatic rings. The highest BCUT2D eigenvalue weighted by Crippen LogP contribution is 2.20. The van der Waals surface area contributed by atoms with Crippen LogP contribution in [-0.4, -0.2) is 45.6 Å². The van der Waals surface area contributed by atoms with Crippen molar-refractivity contribution in [3.05, 3.63) is 24.3 Å². The van der Waals surface area contributed by atoms with Crippen molar-refractivity contribution in [3.63, 3.8) is 0 Å². The fraction of sp³-hybridized carbons (Fsp3) is 0.385. The van der Waals surface area contributed by atoms with E-state index < -0.39 is 0 Å². The SMILES string of the molecule is CSc1nnnn1-c1cccc(NC(=O)C2CCOC2)c1. The molecule has 1 aromatic heterocycles. The Balaban J connectivity index is 1.78. The van der Waals surface area contributed by atoms with E-state index in [0.29, 0.717) is 18.4 Å². The van der Waals surface area contributed by atoms with Gasteiger partial charge in [-0.15, -0.1) is 5.10 Å². The first-order valence-electron chi connectivity index (χ1n) is 6.59. The van der Waals surface area contributed by atoms with Crippen LogP contribution in [-0.2, 0) is 9.53 Å². The number of carbonyl (C=O) groups excluding carboxylic acids is 1. The van der Waals surface area contributed by atoms with Crippen LogP contribution in [0.5, 0.6) is 0 Å². The highest BCUT2D eigenvalue weighted by atomic mass is 32.2. The van der Waals surface area contributed by atoms with E-state index in [4.69, 9.17) is 4.74 Å². The zero-order chi connectivity index (χ0) is 14.7. The van der Waals surface area contributed by atoms with Gasteiger partial charge in [-0.05, 0) is 41.3 Å². The number of tetrazole rings is 1. The zero-order valence-electron chi connectivity index (χ0n) is 11.5. The average molecular weight is 305 g/mol. The summed E-state index contributed by atoms with van der Waals surface area (Å²) in [4.78, 5) is 12.1. The molecule has 110 valence electrons. The van der Waals surface area contributed by atoms with Gasteiger partial charge in [-0.2, -0.15) is 4.68 Å². The van der Waals surface area contributed by atoms with Crippen LogP contribution < -0.4 is 5.32 Å². The molecule has 2 heterocycles. The Hall–Kier alpha value is -1.93. The van der Waals surface area contributed by atoms with Gasteiger partial charge in [0, 0.05) is 12.3 Å². The Morgan fingerprint density at radius 2 is 2.43 bits per heavy atom. The van der Waals surface area contributed by atoms with Crippen LogP contribution in [0.1, 0.15) is 6.42 Å². The second kappa shape index (κ2) is 6.23. The van der Waals surface area contributed by atoms with Gasteiger partial charge in [0.15, 0.2) is 0 Å². The van der Waals surface area contributed by atoms with Crippen molar-refractivity contribution < 1.29 is 9.53 Å². The topological polar surface area (TPSA) is 81.9 Å². The Bertz CT molecular complexity index is 639. The number of aromatic nitrogens is 4. The fourth-order valence-corrected chi connectivity index (χ4v) is 2.60. The number of nitrogens with one attached hydrogen (secondary N) is 1. The predicted octanol–water partition coefficient (Wildman–Crippen LogP) is 1.36. The lowest BCUT2D eigenvalue weighted by Crippen LogP contribution is -2.22. The summed E-state index contributed by atoms with van der Waals surface area (Å²) in [6.45, 7) is 1.15. The normalized spacial score (nSPS) is 17.9. The van der Waals surface area contributed by atoms with Crippen LogP contribution >= 0.6 is 11.8 Å². The second-order valence-electron chi connectivity index (χ2n) is 4.68. The molecule has 1 aliphatic heterocycles. The predicted molar refractivity (Wildman–Crippen MR) is 78.5 cm³/mol. The van der Waals surface area contributed by atoms with E-state index >= 15 is 0 Å². The minimum atomic E-state index is -0.0662. The number of anilines is 1. The number of hydrogen-bond acceptors (Lipinski definition) is 6. The second-order valence-corrected chi connectivity index (χ2v) is 5.45. The molecule has 1 atom stereocenters. The van der Waals surface area contributed by atoms with Crippen LogP contribution in [0.3, 0.4) is 0 Å². The van der Waals surface area contributed by atoms with E-state index in [1.807, 2.05) is 30.5 Å². The molecule has 21 heavy (non-hydrogen) atoms. The molecule has 1 fully saturated rings. The molecule has 7 nitrogen and oxygen atoms in total. The van der Waals surface area contributed by atoms with Crippen molar-refractivity contribution >= 4 is 23.4 Å². The van der Waals surface area contributed by atoms with Crippen molar-refractivity contribution in [2.24, 2.45) is 5.92 Å². The van der Waals surface area contributed by atoms with E-state index in [2.05, 4.69) is 20.8 Å². The number of rotatable bonds is 4. The van der Waals surface area contributed by atoms with Crippen LogP contribution in [0.2, 0.25) is 0 Å². The van der Waals surface area contributed by atoms with Gasteiger partial charge in [0.25, 0.3) is 0 Å². The summed E-state index contributed by atoms with van der Waals surface area (Å²) in [7, 11) is 0. The molecular formula is C13H15N5O2S. The molecule has 0 saturated carbocycles.